The second kappa shape index (κ2) is 9.59. The average Bonchev–Trinajstić information content (AvgIpc) is 3.39. The molecule has 0 radical (unpaired) electrons. The van der Waals surface area contributed by atoms with Crippen LogP contribution < -0.4 is 0 Å². The summed E-state index contributed by atoms with van der Waals surface area (Å²) in [6, 6.07) is 12.1. The SMILES string of the molecule is CC(=O)N1CCCC(O)(c2cc(-c3cncc([C@@](O)(c4ccc(C(C)C)cc4)C4(C)CN(C)C4)c3)n[nH]2)C1. The number of nitrogens with zero attached hydrogens (tertiary/aromatic N) is 4. The lowest BCUT2D eigenvalue weighted by Gasteiger charge is -2.55. The Hall–Kier alpha value is -3.07. The number of amides is 1. The number of carbonyl (C=O) groups is 1. The van der Waals surface area contributed by atoms with Crippen LogP contribution in [0.25, 0.3) is 11.3 Å². The predicted octanol–water partition coefficient (Wildman–Crippen LogP) is 3.61. The molecule has 2 fully saturated rings. The molecule has 2 saturated heterocycles. The van der Waals surface area contributed by atoms with E-state index in [1.165, 1.54) is 12.5 Å². The van der Waals surface area contributed by atoms with Gasteiger partial charge in [0.25, 0.3) is 0 Å². The van der Waals surface area contributed by atoms with Crippen LogP contribution in [0, 0.1) is 5.41 Å². The molecule has 2 aromatic heterocycles. The number of aliphatic hydroxyl groups is 2. The minimum absolute atomic E-state index is 0.0457. The van der Waals surface area contributed by atoms with Crippen molar-refractivity contribution in [1.29, 1.82) is 0 Å². The summed E-state index contributed by atoms with van der Waals surface area (Å²) in [6.07, 6.45) is 4.75. The largest absolute Gasteiger partial charge is 0.382 e. The van der Waals surface area contributed by atoms with Gasteiger partial charge in [-0.15, -0.1) is 0 Å². The summed E-state index contributed by atoms with van der Waals surface area (Å²) in [5.41, 5.74) is 1.93. The van der Waals surface area contributed by atoms with Gasteiger partial charge in [-0.3, -0.25) is 14.9 Å². The Balaban J connectivity index is 1.51. The third-order valence-corrected chi connectivity index (χ3v) is 8.55. The van der Waals surface area contributed by atoms with Crippen molar-refractivity contribution in [3.8, 4) is 11.3 Å². The van der Waals surface area contributed by atoms with Crippen molar-refractivity contribution >= 4 is 5.91 Å². The quantitative estimate of drug-likeness (QED) is 0.461. The molecule has 8 heteroatoms. The molecule has 2 aliphatic heterocycles. The fourth-order valence-electron chi connectivity index (χ4n) is 6.36. The van der Waals surface area contributed by atoms with Crippen molar-refractivity contribution in [2.45, 2.75) is 57.7 Å². The topological polar surface area (TPSA) is 106 Å². The third-order valence-electron chi connectivity index (χ3n) is 8.55. The van der Waals surface area contributed by atoms with Crippen molar-refractivity contribution in [3.63, 3.8) is 0 Å². The molecule has 2 aliphatic rings. The molecule has 1 unspecified atom stereocenters. The van der Waals surface area contributed by atoms with Gasteiger partial charge in [0.15, 0.2) is 0 Å². The normalized spacial score (nSPS) is 23.2. The number of rotatable bonds is 6. The van der Waals surface area contributed by atoms with Crippen LogP contribution >= 0.6 is 0 Å². The van der Waals surface area contributed by atoms with Gasteiger partial charge in [0.05, 0.1) is 17.9 Å². The van der Waals surface area contributed by atoms with Crippen LogP contribution in [0.5, 0.6) is 0 Å². The number of likely N-dealkylation sites (tertiary alicyclic amines) is 2. The van der Waals surface area contributed by atoms with Crippen molar-refractivity contribution in [2.75, 3.05) is 33.2 Å². The molecular formula is C30H39N5O3. The van der Waals surface area contributed by atoms with Crippen LogP contribution in [0.1, 0.15) is 68.8 Å². The molecule has 3 aromatic rings. The fraction of sp³-hybridized carbons (Fsp3) is 0.500. The Morgan fingerprint density at radius 2 is 1.82 bits per heavy atom. The summed E-state index contributed by atoms with van der Waals surface area (Å²) in [6.45, 7) is 10.4. The van der Waals surface area contributed by atoms with Gasteiger partial charge in [0, 0.05) is 55.5 Å². The molecule has 0 bridgehead atoms. The van der Waals surface area contributed by atoms with Gasteiger partial charge in [0.1, 0.15) is 11.2 Å². The Morgan fingerprint density at radius 3 is 2.45 bits per heavy atom. The first-order chi connectivity index (χ1) is 17.9. The number of β-amino-alcohol motifs (C(OH)–C–C–N with tert-alkyl or cyclic N) is 1. The Bertz CT molecular complexity index is 1310. The number of carbonyl (C=O) groups excluding carboxylic acids is 1. The maximum Gasteiger partial charge on any atom is 0.219 e. The Kier molecular flexibility index (Phi) is 6.70. The van der Waals surface area contributed by atoms with E-state index in [9.17, 15) is 15.0 Å². The van der Waals surface area contributed by atoms with Gasteiger partial charge < -0.3 is 20.0 Å². The monoisotopic (exact) mass is 517 g/mol. The molecule has 5 rings (SSSR count). The van der Waals surface area contributed by atoms with E-state index in [0.29, 0.717) is 35.8 Å². The first-order valence-corrected chi connectivity index (χ1v) is 13.5. The van der Waals surface area contributed by atoms with E-state index in [1.54, 1.807) is 17.3 Å². The number of piperidine rings is 1. The third kappa shape index (κ3) is 4.44. The summed E-state index contributed by atoms with van der Waals surface area (Å²) in [4.78, 5) is 20.3. The van der Waals surface area contributed by atoms with Gasteiger partial charge in [-0.2, -0.15) is 5.10 Å². The molecule has 38 heavy (non-hydrogen) atoms. The molecule has 0 saturated carbocycles. The minimum Gasteiger partial charge on any atom is -0.382 e. The molecule has 8 nitrogen and oxygen atoms in total. The van der Waals surface area contributed by atoms with E-state index in [1.807, 2.05) is 24.3 Å². The first-order valence-electron chi connectivity index (χ1n) is 13.5. The molecule has 0 spiro atoms. The van der Waals surface area contributed by atoms with Crippen LogP contribution in [0.15, 0.2) is 48.8 Å². The second-order valence-corrected chi connectivity index (χ2v) is 11.9. The summed E-state index contributed by atoms with van der Waals surface area (Å²) >= 11 is 0. The van der Waals surface area contributed by atoms with Crippen LogP contribution in [0.3, 0.4) is 0 Å². The number of benzene rings is 1. The van der Waals surface area contributed by atoms with Crippen LogP contribution in [-0.2, 0) is 16.0 Å². The smallest absolute Gasteiger partial charge is 0.219 e. The van der Waals surface area contributed by atoms with Crippen LogP contribution in [-0.4, -0.2) is 74.3 Å². The van der Waals surface area contributed by atoms with Crippen molar-refractivity contribution in [3.05, 3.63) is 71.2 Å². The van der Waals surface area contributed by atoms with Gasteiger partial charge in [0.2, 0.25) is 5.91 Å². The van der Waals surface area contributed by atoms with E-state index in [2.05, 4.69) is 60.0 Å². The van der Waals surface area contributed by atoms with Crippen molar-refractivity contribution in [2.24, 2.45) is 5.41 Å². The summed E-state index contributed by atoms with van der Waals surface area (Å²) < 4.78 is 0. The number of hydrogen-bond acceptors (Lipinski definition) is 6. The lowest BCUT2D eigenvalue weighted by atomic mass is 9.62. The maximum atomic E-state index is 12.5. The van der Waals surface area contributed by atoms with Crippen LogP contribution in [0.4, 0.5) is 0 Å². The number of hydrogen-bond donors (Lipinski definition) is 3. The van der Waals surface area contributed by atoms with Crippen molar-refractivity contribution in [1.82, 2.24) is 25.0 Å². The van der Waals surface area contributed by atoms with Gasteiger partial charge in [-0.05, 0) is 49.1 Å². The first kappa shape index (κ1) is 26.5. The van der Waals surface area contributed by atoms with E-state index in [0.717, 1.165) is 30.6 Å². The number of H-pyrrole nitrogens is 1. The number of nitrogens with one attached hydrogen (secondary N) is 1. The molecule has 1 aromatic carbocycles. The van der Waals surface area contributed by atoms with E-state index in [-0.39, 0.29) is 12.5 Å². The standard InChI is InChI=1S/C30H39N5O3/c1-20(2)22-7-9-24(10-8-22)30(38,28(4)17-34(5)18-28)25-13-23(15-31-16-25)26-14-27(33-32-26)29(37)11-6-12-35(19-29)21(3)36/h7-10,13-16,20,37-38H,6,11-12,17-19H2,1-5H3,(H,32,33)/t29?,30-/m0/s1. The maximum absolute atomic E-state index is 12.5. The summed E-state index contributed by atoms with van der Waals surface area (Å²) in [5.74, 6) is 0.360. The molecule has 3 N–H and O–H groups in total. The highest BCUT2D eigenvalue weighted by atomic mass is 16.3. The lowest BCUT2D eigenvalue weighted by molar-refractivity contribution is -0.136. The highest BCUT2D eigenvalue weighted by Gasteiger charge is 2.55. The Labute approximate surface area is 224 Å². The summed E-state index contributed by atoms with van der Waals surface area (Å²) in [5, 5.41) is 31.4. The zero-order chi connectivity index (χ0) is 27.3. The van der Waals surface area contributed by atoms with Gasteiger partial charge in [-0.1, -0.05) is 45.0 Å². The molecule has 1 amide bonds. The average molecular weight is 518 g/mol. The molecular weight excluding hydrogens is 478 g/mol. The zero-order valence-corrected chi connectivity index (χ0v) is 23.0. The van der Waals surface area contributed by atoms with Crippen LogP contribution in [0.2, 0.25) is 0 Å². The van der Waals surface area contributed by atoms with E-state index >= 15 is 0 Å². The number of aromatic nitrogens is 3. The van der Waals surface area contributed by atoms with E-state index in [4.69, 9.17) is 0 Å². The highest BCUT2D eigenvalue weighted by molar-refractivity contribution is 5.73. The van der Waals surface area contributed by atoms with Gasteiger partial charge in [-0.25, -0.2) is 0 Å². The number of aromatic amines is 1. The molecule has 0 aliphatic carbocycles. The second-order valence-electron chi connectivity index (χ2n) is 11.9. The summed E-state index contributed by atoms with van der Waals surface area (Å²) in [7, 11) is 2.06. The predicted molar refractivity (Wildman–Crippen MR) is 146 cm³/mol. The highest BCUT2D eigenvalue weighted by Crippen LogP contribution is 2.50. The fourth-order valence-corrected chi connectivity index (χ4v) is 6.36. The van der Waals surface area contributed by atoms with Crippen molar-refractivity contribution < 1.29 is 15.0 Å². The van der Waals surface area contributed by atoms with Gasteiger partial charge >= 0.3 is 0 Å². The lowest BCUT2D eigenvalue weighted by Crippen LogP contribution is -2.63. The molecule has 2 atom stereocenters. The van der Waals surface area contributed by atoms with E-state index < -0.39 is 16.6 Å². The number of pyridine rings is 1. The Morgan fingerprint density at radius 1 is 1.11 bits per heavy atom. The molecule has 202 valence electrons. The zero-order valence-electron chi connectivity index (χ0n) is 23.0. The molecule has 4 heterocycles. The minimum atomic E-state index is -1.25.